The average Bonchev–Trinajstić information content (AvgIpc) is 2.86. The molecule has 2 heterocycles. The standard InChI is InChI=1S/C20H27N3O3/c1-4-15-7-5-6-10-22(15)20(26)21-14-8-9-16-17(11-14)19(25)23(18(16)24)12-13(2)3/h8-9,11,13,15H,4-7,10,12H2,1-3H3,(H,21,26). The molecule has 1 aromatic carbocycles. The van der Waals surface area contributed by atoms with Crippen LogP contribution in [0.4, 0.5) is 10.5 Å². The van der Waals surface area contributed by atoms with Gasteiger partial charge in [-0.15, -0.1) is 0 Å². The molecule has 2 aliphatic heterocycles. The third-order valence-electron chi connectivity index (χ3n) is 5.13. The van der Waals surface area contributed by atoms with E-state index in [-0.39, 0.29) is 29.8 Å². The van der Waals surface area contributed by atoms with Crippen molar-refractivity contribution in [2.45, 2.75) is 52.5 Å². The molecule has 0 spiro atoms. The normalized spacial score (nSPS) is 19.9. The maximum absolute atomic E-state index is 12.6. The number of nitrogens with one attached hydrogen (secondary N) is 1. The van der Waals surface area contributed by atoms with Gasteiger partial charge in [-0.2, -0.15) is 0 Å². The number of amides is 4. The smallest absolute Gasteiger partial charge is 0.322 e. The van der Waals surface area contributed by atoms with E-state index in [9.17, 15) is 14.4 Å². The Morgan fingerprint density at radius 2 is 1.92 bits per heavy atom. The van der Waals surface area contributed by atoms with E-state index in [4.69, 9.17) is 0 Å². The second kappa shape index (κ2) is 7.48. The molecule has 2 aliphatic rings. The van der Waals surface area contributed by atoms with Crippen molar-refractivity contribution >= 4 is 23.5 Å². The van der Waals surface area contributed by atoms with Gasteiger partial charge in [0.25, 0.3) is 11.8 Å². The zero-order chi connectivity index (χ0) is 18.8. The predicted molar refractivity (Wildman–Crippen MR) is 100 cm³/mol. The summed E-state index contributed by atoms with van der Waals surface area (Å²) in [6.07, 6.45) is 4.15. The molecule has 140 valence electrons. The molecule has 1 saturated heterocycles. The molecule has 1 fully saturated rings. The number of anilines is 1. The second-order valence-electron chi connectivity index (χ2n) is 7.56. The Balaban J connectivity index is 1.76. The van der Waals surface area contributed by atoms with Crippen LogP contribution in [0.25, 0.3) is 0 Å². The number of piperidine rings is 1. The van der Waals surface area contributed by atoms with Crippen molar-refractivity contribution in [3.8, 4) is 0 Å². The summed E-state index contributed by atoms with van der Waals surface area (Å²) in [5.74, 6) is -0.320. The van der Waals surface area contributed by atoms with E-state index < -0.39 is 0 Å². The Labute approximate surface area is 154 Å². The van der Waals surface area contributed by atoms with Gasteiger partial charge in [-0.05, 0) is 49.8 Å². The van der Waals surface area contributed by atoms with Gasteiger partial charge < -0.3 is 10.2 Å². The van der Waals surface area contributed by atoms with Crippen molar-refractivity contribution < 1.29 is 14.4 Å². The molecule has 4 amide bonds. The van der Waals surface area contributed by atoms with Crippen LogP contribution >= 0.6 is 0 Å². The first-order valence-electron chi connectivity index (χ1n) is 9.50. The lowest BCUT2D eigenvalue weighted by Crippen LogP contribution is -2.45. The van der Waals surface area contributed by atoms with E-state index in [0.717, 1.165) is 32.2 Å². The lowest BCUT2D eigenvalue weighted by Gasteiger charge is -2.35. The molecule has 3 rings (SSSR count). The average molecular weight is 357 g/mol. The van der Waals surface area contributed by atoms with E-state index in [1.54, 1.807) is 18.2 Å². The van der Waals surface area contributed by atoms with Crippen LogP contribution in [0.5, 0.6) is 0 Å². The molecule has 1 atom stereocenters. The number of nitrogens with zero attached hydrogens (tertiary/aromatic N) is 2. The van der Waals surface area contributed by atoms with Gasteiger partial charge in [0.15, 0.2) is 0 Å². The monoisotopic (exact) mass is 357 g/mol. The molecule has 0 aromatic heterocycles. The Hall–Kier alpha value is -2.37. The van der Waals surface area contributed by atoms with Crippen molar-refractivity contribution in [3.05, 3.63) is 29.3 Å². The number of imide groups is 1. The van der Waals surface area contributed by atoms with Crippen LogP contribution in [-0.2, 0) is 0 Å². The van der Waals surface area contributed by atoms with E-state index in [2.05, 4.69) is 12.2 Å². The zero-order valence-corrected chi connectivity index (χ0v) is 15.7. The highest BCUT2D eigenvalue weighted by molar-refractivity contribution is 6.21. The largest absolute Gasteiger partial charge is 0.322 e. The van der Waals surface area contributed by atoms with Gasteiger partial charge in [0, 0.05) is 24.8 Å². The molecule has 1 unspecified atom stereocenters. The van der Waals surface area contributed by atoms with Gasteiger partial charge >= 0.3 is 6.03 Å². The number of urea groups is 1. The van der Waals surface area contributed by atoms with Gasteiger partial charge in [0.1, 0.15) is 0 Å². The molecule has 1 N–H and O–H groups in total. The number of hydrogen-bond acceptors (Lipinski definition) is 3. The highest BCUT2D eigenvalue weighted by Gasteiger charge is 2.36. The highest BCUT2D eigenvalue weighted by Crippen LogP contribution is 2.27. The van der Waals surface area contributed by atoms with E-state index in [0.29, 0.717) is 23.4 Å². The topological polar surface area (TPSA) is 69.7 Å². The van der Waals surface area contributed by atoms with Crippen LogP contribution < -0.4 is 5.32 Å². The van der Waals surface area contributed by atoms with Crippen molar-refractivity contribution in [2.75, 3.05) is 18.4 Å². The molecule has 0 radical (unpaired) electrons. The van der Waals surface area contributed by atoms with Gasteiger partial charge in [0.2, 0.25) is 0 Å². The first-order chi connectivity index (χ1) is 12.4. The van der Waals surface area contributed by atoms with E-state index in [1.165, 1.54) is 4.90 Å². The lowest BCUT2D eigenvalue weighted by atomic mass is 10.0. The van der Waals surface area contributed by atoms with Crippen LogP contribution in [0.3, 0.4) is 0 Å². The van der Waals surface area contributed by atoms with Crippen molar-refractivity contribution in [2.24, 2.45) is 5.92 Å². The first-order valence-corrected chi connectivity index (χ1v) is 9.50. The quantitative estimate of drug-likeness (QED) is 0.835. The summed E-state index contributed by atoms with van der Waals surface area (Å²) in [4.78, 5) is 40.8. The summed E-state index contributed by atoms with van der Waals surface area (Å²) in [6, 6.07) is 5.10. The third kappa shape index (κ3) is 3.45. The highest BCUT2D eigenvalue weighted by atomic mass is 16.2. The minimum Gasteiger partial charge on any atom is -0.322 e. The number of rotatable bonds is 4. The summed E-state index contributed by atoms with van der Waals surface area (Å²) < 4.78 is 0. The predicted octanol–water partition coefficient (Wildman–Crippen LogP) is 3.74. The molecule has 6 heteroatoms. The lowest BCUT2D eigenvalue weighted by molar-refractivity contribution is 0.0636. The molecule has 0 aliphatic carbocycles. The van der Waals surface area contributed by atoms with Crippen LogP contribution in [0.1, 0.15) is 67.2 Å². The maximum Gasteiger partial charge on any atom is 0.322 e. The van der Waals surface area contributed by atoms with Crippen LogP contribution in [0.15, 0.2) is 18.2 Å². The number of fused-ring (bicyclic) bond motifs is 1. The van der Waals surface area contributed by atoms with E-state index >= 15 is 0 Å². The summed E-state index contributed by atoms with van der Waals surface area (Å²) in [7, 11) is 0. The number of carbonyl (C=O) groups is 3. The molecule has 6 nitrogen and oxygen atoms in total. The van der Waals surface area contributed by atoms with Gasteiger partial charge in [0.05, 0.1) is 11.1 Å². The summed E-state index contributed by atoms with van der Waals surface area (Å²) in [5.41, 5.74) is 1.35. The molecular weight excluding hydrogens is 330 g/mol. The molecule has 0 bridgehead atoms. The minimum atomic E-state index is -0.279. The Bertz CT molecular complexity index is 729. The molecule has 1 aromatic rings. The van der Waals surface area contributed by atoms with Crippen LogP contribution in [0, 0.1) is 5.92 Å². The van der Waals surface area contributed by atoms with Gasteiger partial charge in [-0.3, -0.25) is 14.5 Å². The fraction of sp³-hybridized carbons (Fsp3) is 0.550. The van der Waals surface area contributed by atoms with Crippen molar-refractivity contribution in [1.82, 2.24) is 9.80 Å². The Morgan fingerprint density at radius 1 is 1.19 bits per heavy atom. The third-order valence-corrected chi connectivity index (χ3v) is 5.13. The first kappa shape index (κ1) is 18.4. The number of likely N-dealkylation sites (tertiary alicyclic amines) is 1. The van der Waals surface area contributed by atoms with Crippen molar-refractivity contribution in [3.63, 3.8) is 0 Å². The number of hydrogen-bond donors (Lipinski definition) is 1. The molecule has 26 heavy (non-hydrogen) atoms. The maximum atomic E-state index is 12.6. The molecule has 0 saturated carbocycles. The minimum absolute atomic E-state index is 0.132. The van der Waals surface area contributed by atoms with Gasteiger partial charge in [-0.25, -0.2) is 4.79 Å². The van der Waals surface area contributed by atoms with E-state index in [1.807, 2.05) is 18.7 Å². The SMILES string of the molecule is CCC1CCCCN1C(=O)Nc1ccc2c(c1)C(=O)N(CC(C)C)C2=O. The second-order valence-corrected chi connectivity index (χ2v) is 7.56. The van der Waals surface area contributed by atoms with Gasteiger partial charge in [-0.1, -0.05) is 20.8 Å². The fourth-order valence-electron chi connectivity index (χ4n) is 3.79. The fourth-order valence-corrected chi connectivity index (χ4v) is 3.79. The van der Waals surface area contributed by atoms with Crippen LogP contribution in [0.2, 0.25) is 0 Å². The summed E-state index contributed by atoms with van der Waals surface area (Å²) >= 11 is 0. The Morgan fingerprint density at radius 3 is 2.62 bits per heavy atom. The Kier molecular flexibility index (Phi) is 5.30. The summed E-state index contributed by atoms with van der Waals surface area (Å²) in [6.45, 7) is 7.20. The zero-order valence-electron chi connectivity index (χ0n) is 15.7. The number of benzene rings is 1. The summed E-state index contributed by atoms with van der Waals surface area (Å²) in [5, 5.41) is 2.90. The van der Waals surface area contributed by atoms with Crippen molar-refractivity contribution in [1.29, 1.82) is 0 Å². The number of carbonyl (C=O) groups excluding carboxylic acids is 3. The van der Waals surface area contributed by atoms with Crippen LogP contribution in [-0.4, -0.2) is 46.8 Å². The molecular formula is C20H27N3O3.